The molecule has 238 valence electrons. The van der Waals surface area contributed by atoms with Gasteiger partial charge >= 0.3 is 7.82 Å². The maximum absolute atomic E-state index is 13.5. The first-order chi connectivity index (χ1) is 20.9. The minimum atomic E-state index is -4.50. The summed E-state index contributed by atoms with van der Waals surface area (Å²) in [7, 11) is -3.47. The number of H-pyrrole nitrogens is 2. The summed E-state index contributed by atoms with van der Waals surface area (Å²) < 4.78 is 44.1. The Morgan fingerprint density at radius 1 is 0.932 bits per heavy atom. The number of anilines is 2. The highest BCUT2D eigenvalue weighted by molar-refractivity contribution is 7.71. The Morgan fingerprint density at radius 2 is 1.45 bits per heavy atom. The fraction of sp³-hybridized carbons (Fsp3) is 0.524. The normalized spacial score (nSPS) is 30.4. The number of nitrogen functional groups attached to an aromatic ring is 2. The molecule has 2 fully saturated rings. The van der Waals surface area contributed by atoms with E-state index in [2.05, 4.69) is 29.9 Å². The van der Waals surface area contributed by atoms with Gasteiger partial charge in [0.25, 0.3) is 0 Å². The van der Waals surface area contributed by atoms with Crippen LogP contribution in [0.4, 0.5) is 11.9 Å². The third-order valence-electron chi connectivity index (χ3n) is 7.18. The van der Waals surface area contributed by atoms with Crippen molar-refractivity contribution in [2.75, 3.05) is 31.8 Å². The lowest BCUT2D eigenvalue weighted by Gasteiger charge is -2.25. The number of hydrogen-bond acceptors (Lipinski definition) is 18. The topological polar surface area (TPSA) is 289 Å². The molecule has 44 heavy (non-hydrogen) atoms. The molecule has 6 heterocycles. The molecule has 2 aliphatic rings. The summed E-state index contributed by atoms with van der Waals surface area (Å²) >= 11 is 10.3. The number of nitrogens with zero attached hydrogens (tertiary/aromatic N) is 6. The number of ether oxygens (including phenoxy) is 2. The number of aromatic amines is 2. The van der Waals surface area contributed by atoms with E-state index in [0.29, 0.717) is 0 Å². The first-order valence-electron chi connectivity index (χ1n) is 12.8. The van der Waals surface area contributed by atoms with Crippen molar-refractivity contribution < 1.29 is 48.0 Å². The fourth-order valence-corrected chi connectivity index (χ4v) is 6.69. The fourth-order valence-electron chi connectivity index (χ4n) is 5.05. The van der Waals surface area contributed by atoms with Crippen molar-refractivity contribution in [1.82, 2.24) is 39.0 Å². The average Bonchev–Trinajstić information content (AvgIpc) is 3.73. The molecule has 0 aromatic carbocycles. The number of aliphatic hydroxyl groups excluding tert-OH is 4. The second-order valence-corrected chi connectivity index (χ2v) is 12.3. The molecule has 0 spiro atoms. The molecule has 0 bridgehead atoms. The predicted octanol–water partition coefficient (Wildman–Crippen LogP) is -0.818. The van der Waals surface area contributed by atoms with Crippen molar-refractivity contribution in [3.05, 3.63) is 21.9 Å². The van der Waals surface area contributed by atoms with E-state index in [9.17, 15) is 25.0 Å². The Bertz CT molecular complexity index is 1870. The van der Waals surface area contributed by atoms with E-state index in [1.807, 2.05) is 0 Å². The summed E-state index contributed by atoms with van der Waals surface area (Å²) in [5.41, 5.74) is 12.7. The number of fused-ring (bicyclic) bond motifs is 2. The lowest BCUT2D eigenvalue weighted by atomic mass is 10.1. The number of aliphatic hydroxyl groups is 4. The van der Waals surface area contributed by atoms with Crippen LogP contribution in [0.5, 0.6) is 0 Å². The molecular weight excluding hydrogens is 647 g/mol. The molecule has 0 aliphatic carbocycles. The van der Waals surface area contributed by atoms with Crippen LogP contribution >= 0.6 is 32.3 Å². The number of phosphoric acid groups is 1. The summed E-state index contributed by atoms with van der Waals surface area (Å²) in [5.74, 6) is -0.00250. The number of phosphoric ester groups is 1. The van der Waals surface area contributed by atoms with Crippen molar-refractivity contribution in [2.24, 2.45) is 0 Å². The van der Waals surface area contributed by atoms with Gasteiger partial charge in [-0.25, -0.2) is 24.5 Å². The molecule has 6 rings (SSSR count). The van der Waals surface area contributed by atoms with Crippen molar-refractivity contribution >= 4 is 66.5 Å². The third kappa shape index (κ3) is 5.31. The zero-order chi connectivity index (χ0) is 31.5. The number of hydrogen-bond donors (Lipinski definition) is 8. The van der Waals surface area contributed by atoms with Gasteiger partial charge < -0.3 is 51.3 Å². The summed E-state index contributed by atoms with van der Waals surface area (Å²) in [6, 6.07) is 0. The summed E-state index contributed by atoms with van der Waals surface area (Å²) in [5, 5.41) is 42.5. The first kappa shape index (κ1) is 31.0. The molecule has 2 saturated heterocycles. The summed E-state index contributed by atoms with van der Waals surface area (Å²) in [6.45, 7) is -1.23. The SMILES string of the molecule is COP(=O)(OCC1OC(n2cnc3c(=S)nc(N)[nH]c32)C(O)C1O)OC1C(CO)OC(n2cnc3c(=S)nc(N)[nH]c32)C1O. The van der Waals surface area contributed by atoms with Crippen LogP contribution in [0.3, 0.4) is 0 Å². The van der Waals surface area contributed by atoms with Gasteiger partial charge in [-0.2, -0.15) is 0 Å². The lowest BCUT2D eigenvalue weighted by molar-refractivity contribution is -0.0597. The molecular formula is C21H27N10O10PS2. The Morgan fingerprint density at radius 3 is 1.98 bits per heavy atom. The van der Waals surface area contributed by atoms with Crippen LogP contribution in [0.25, 0.3) is 22.3 Å². The average molecular weight is 675 g/mol. The molecule has 2 aliphatic heterocycles. The molecule has 9 unspecified atom stereocenters. The molecule has 0 radical (unpaired) electrons. The van der Waals surface area contributed by atoms with E-state index >= 15 is 0 Å². The monoisotopic (exact) mass is 674 g/mol. The van der Waals surface area contributed by atoms with Gasteiger partial charge in [-0.05, 0) is 0 Å². The van der Waals surface area contributed by atoms with Crippen LogP contribution in [0, 0.1) is 9.28 Å². The predicted molar refractivity (Wildman–Crippen MR) is 153 cm³/mol. The molecule has 0 amide bonds. The smallest absolute Gasteiger partial charge is 0.394 e. The quantitative estimate of drug-likeness (QED) is 0.0795. The van der Waals surface area contributed by atoms with Gasteiger partial charge in [0.1, 0.15) is 59.0 Å². The van der Waals surface area contributed by atoms with Crippen LogP contribution in [-0.2, 0) is 27.6 Å². The molecule has 9 atom stereocenters. The summed E-state index contributed by atoms with van der Waals surface area (Å²) in [4.78, 5) is 21.8. The van der Waals surface area contributed by atoms with E-state index in [4.69, 9.17) is 58.9 Å². The molecule has 0 saturated carbocycles. The Kier molecular flexibility index (Phi) is 8.28. The maximum Gasteiger partial charge on any atom is 0.475 e. The van der Waals surface area contributed by atoms with Gasteiger partial charge in [-0.1, -0.05) is 24.4 Å². The molecule has 20 nitrogen and oxygen atoms in total. The zero-order valence-corrected chi connectivity index (χ0v) is 25.1. The van der Waals surface area contributed by atoms with Gasteiger partial charge in [-0.3, -0.25) is 22.7 Å². The van der Waals surface area contributed by atoms with Crippen LogP contribution < -0.4 is 11.5 Å². The molecule has 4 aromatic rings. The van der Waals surface area contributed by atoms with Crippen LogP contribution in [0.15, 0.2) is 12.7 Å². The standard InChI is InChI=1S/C21H27N10O10PS2/c1-37-42(36,38-3-7-10(33)11(34)18(40-7)30-4-24-8-14(30)26-20(22)28-16(8)43)41-13-6(2-32)39-19(12(13)35)31-5-25-9-15(31)27-21(23)29-17(9)44/h4-7,10-13,18-19,32-35H,2-3H2,1H3,(H3,22,26,28,43)(H3,23,27,29,44). The Balaban J connectivity index is 1.18. The van der Waals surface area contributed by atoms with Gasteiger partial charge in [0.15, 0.2) is 33.6 Å². The number of nitrogens with two attached hydrogens (primary N) is 2. The van der Waals surface area contributed by atoms with E-state index in [1.165, 1.54) is 21.8 Å². The van der Waals surface area contributed by atoms with Crippen molar-refractivity contribution in [3.8, 4) is 0 Å². The lowest BCUT2D eigenvalue weighted by Crippen LogP contribution is -2.36. The zero-order valence-electron chi connectivity index (χ0n) is 22.5. The largest absolute Gasteiger partial charge is 0.475 e. The van der Waals surface area contributed by atoms with E-state index in [0.717, 1.165) is 7.11 Å². The van der Waals surface area contributed by atoms with Crippen molar-refractivity contribution in [3.63, 3.8) is 0 Å². The highest BCUT2D eigenvalue weighted by Crippen LogP contribution is 2.53. The summed E-state index contributed by atoms with van der Waals surface area (Å²) in [6.07, 6.45) is -8.11. The second kappa shape index (κ2) is 11.7. The third-order valence-corrected chi connectivity index (χ3v) is 9.16. The number of aromatic nitrogens is 8. The Labute approximate surface area is 256 Å². The van der Waals surface area contributed by atoms with E-state index in [-0.39, 0.29) is 43.5 Å². The van der Waals surface area contributed by atoms with Crippen LogP contribution in [0.1, 0.15) is 12.5 Å². The maximum atomic E-state index is 13.5. The Hall–Kier alpha value is -2.99. The van der Waals surface area contributed by atoms with Gasteiger partial charge in [-0.15, -0.1) is 0 Å². The molecule has 23 heteroatoms. The molecule has 10 N–H and O–H groups in total. The van der Waals surface area contributed by atoms with Gasteiger partial charge in [0.05, 0.1) is 25.9 Å². The van der Waals surface area contributed by atoms with E-state index in [1.54, 1.807) is 0 Å². The van der Waals surface area contributed by atoms with Crippen LogP contribution in [-0.4, -0.2) is 116 Å². The van der Waals surface area contributed by atoms with E-state index < -0.39 is 70.1 Å². The van der Waals surface area contributed by atoms with Crippen molar-refractivity contribution in [1.29, 1.82) is 0 Å². The van der Waals surface area contributed by atoms with Gasteiger partial charge in [0.2, 0.25) is 0 Å². The second-order valence-electron chi connectivity index (χ2n) is 9.83. The minimum Gasteiger partial charge on any atom is -0.394 e. The minimum absolute atomic E-state index is 0.00229. The van der Waals surface area contributed by atoms with Gasteiger partial charge in [0, 0.05) is 7.11 Å². The highest BCUT2D eigenvalue weighted by Gasteiger charge is 2.51. The number of rotatable bonds is 9. The van der Waals surface area contributed by atoms with Crippen molar-refractivity contribution in [2.45, 2.75) is 49.1 Å². The number of imidazole rings is 2. The molecule has 4 aromatic heterocycles. The number of nitrogens with one attached hydrogen (secondary N) is 2. The first-order valence-corrected chi connectivity index (χ1v) is 15.1. The van der Waals surface area contributed by atoms with Crippen LogP contribution in [0.2, 0.25) is 0 Å². The highest BCUT2D eigenvalue weighted by atomic mass is 32.1.